The molecule has 0 bridgehead atoms. The van der Waals surface area contributed by atoms with Crippen molar-refractivity contribution in [2.45, 2.75) is 6.10 Å². The van der Waals surface area contributed by atoms with Gasteiger partial charge in [-0.05, 0) is 9.03 Å². The number of nitrogens with zero attached hydrogens (tertiary/aromatic N) is 1. The summed E-state index contributed by atoms with van der Waals surface area (Å²) in [4.78, 5) is 0. The third-order valence-corrected chi connectivity index (χ3v) is 0.880. The smallest absolute Gasteiger partial charge is 0.101 e. The molecule has 0 spiro atoms. The first-order valence-corrected chi connectivity index (χ1v) is 2.33. The van der Waals surface area contributed by atoms with Gasteiger partial charge in [0, 0.05) is 0 Å². The van der Waals surface area contributed by atoms with Gasteiger partial charge in [0.25, 0.3) is 0 Å². The molecular weight excluding hydrogens is 97.0 g/mol. The highest BCUT2D eigenvalue weighted by molar-refractivity contribution is 7.03. The number of hydrogen-bond acceptors (Lipinski definition) is 2. The van der Waals surface area contributed by atoms with E-state index in [4.69, 9.17) is 4.74 Å². The molecule has 6 heavy (non-hydrogen) atoms. The average Bonchev–Trinajstić information content (AvgIpc) is 2.21. The lowest BCUT2D eigenvalue weighted by Gasteiger charge is -1.74. The zero-order valence-corrected chi connectivity index (χ0v) is 4.35. The van der Waals surface area contributed by atoms with Gasteiger partial charge in [0.05, 0.1) is 13.2 Å². The lowest BCUT2D eigenvalue weighted by molar-refractivity contribution is 0.414. The van der Waals surface area contributed by atoms with Crippen molar-refractivity contribution in [3.05, 3.63) is 0 Å². The van der Waals surface area contributed by atoms with Gasteiger partial charge in [0.2, 0.25) is 0 Å². The maximum Gasteiger partial charge on any atom is 0.101 e. The molecule has 0 amide bonds. The minimum Gasteiger partial charge on any atom is -0.371 e. The number of hydrogen-bond donors (Lipinski definition) is 0. The summed E-state index contributed by atoms with van der Waals surface area (Å²) < 4.78 is 8.50. The predicted molar refractivity (Wildman–Crippen MR) is 25.3 cm³/mol. The monoisotopic (exact) mass is 103 g/mol. The first-order chi connectivity index (χ1) is 2.93. The van der Waals surface area contributed by atoms with Crippen LogP contribution < -0.4 is 0 Å². The zero-order chi connectivity index (χ0) is 4.41. The van der Waals surface area contributed by atoms with Crippen molar-refractivity contribution in [2.75, 3.05) is 13.2 Å². The Morgan fingerprint density at radius 2 is 2.67 bits per heavy atom. The highest BCUT2D eigenvalue weighted by Gasteiger charge is 2.20. The molecule has 1 fully saturated rings. The zero-order valence-electron chi connectivity index (χ0n) is 3.35. The fraction of sp³-hybridized carbons (Fsp3) is 1.00. The molecule has 0 aromatic carbocycles. The average molecular weight is 103 g/mol. The quantitative estimate of drug-likeness (QED) is 0.373. The number of ether oxygens (including phenoxy) is 1. The molecule has 3 heteroatoms. The van der Waals surface area contributed by atoms with Crippen molar-refractivity contribution in [3.8, 4) is 0 Å². The summed E-state index contributed by atoms with van der Waals surface area (Å²) in [6.45, 7) is 1.70. The van der Waals surface area contributed by atoms with Gasteiger partial charge in [-0.1, -0.05) is 0 Å². The van der Waals surface area contributed by atoms with E-state index in [0.29, 0.717) is 6.10 Å². The van der Waals surface area contributed by atoms with Gasteiger partial charge in [-0.3, -0.25) is 4.74 Å². The molecule has 0 aliphatic carbocycles. The summed E-state index contributed by atoms with van der Waals surface area (Å²) >= 11 is 0. The molecule has 1 saturated heterocycles. The van der Waals surface area contributed by atoms with Crippen LogP contribution in [0.2, 0.25) is 0 Å². The van der Waals surface area contributed by atoms with Crippen LogP contribution in [0.3, 0.4) is 0 Å². The van der Waals surface area contributed by atoms with Crippen molar-refractivity contribution in [2.24, 2.45) is 4.74 Å². The molecule has 1 aliphatic rings. The standard InChI is InChI=1S/C3H6NOP/c6-4-1-3-2-5-3/h3,6H,1-2H2. The van der Waals surface area contributed by atoms with E-state index in [2.05, 4.69) is 13.8 Å². The van der Waals surface area contributed by atoms with Crippen LogP contribution >= 0.6 is 9.03 Å². The van der Waals surface area contributed by atoms with Crippen LogP contribution in [0.5, 0.6) is 0 Å². The van der Waals surface area contributed by atoms with Gasteiger partial charge in [-0.15, -0.1) is 0 Å². The Morgan fingerprint density at radius 1 is 2.00 bits per heavy atom. The predicted octanol–water partition coefficient (Wildman–Crippen LogP) is 0.712. The van der Waals surface area contributed by atoms with E-state index in [1.807, 2.05) is 0 Å². The molecule has 0 aromatic rings. The third-order valence-electron chi connectivity index (χ3n) is 0.697. The highest BCUT2D eigenvalue weighted by atomic mass is 31.0. The molecule has 1 unspecified atom stereocenters. The lowest BCUT2D eigenvalue weighted by atomic mass is 10.5. The molecule has 1 atom stereocenters. The Hall–Kier alpha value is 0.0600. The molecule has 0 saturated carbocycles. The Labute approximate surface area is 38.8 Å². The normalized spacial score (nSPS) is 29.7. The summed E-state index contributed by atoms with van der Waals surface area (Å²) in [6.07, 6.45) is 0.433. The van der Waals surface area contributed by atoms with E-state index in [0.717, 1.165) is 13.2 Å². The van der Waals surface area contributed by atoms with Crippen molar-refractivity contribution in [1.29, 1.82) is 0 Å². The van der Waals surface area contributed by atoms with E-state index in [1.165, 1.54) is 0 Å². The molecule has 1 aliphatic heterocycles. The van der Waals surface area contributed by atoms with Crippen LogP contribution in [0.15, 0.2) is 4.74 Å². The second-order valence-electron chi connectivity index (χ2n) is 1.30. The van der Waals surface area contributed by atoms with Gasteiger partial charge in [-0.2, -0.15) is 0 Å². The van der Waals surface area contributed by atoms with E-state index in [9.17, 15) is 0 Å². The second kappa shape index (κ2) is 1.67. The Balaban J connectivity index is 2.00. The largest absolute Gasteiger partial charge is 0.371 e. The van der Waals surface area contributed by atoms with E-state index in [-0.39, 0.29) is 0 Å². The van der Waals surface area contributed by atoms with Crippen molar-refractivity contribution >= 4 is 9.03 Å². The fourth-order valence-electron chi connectivity index (χ4n) is 0.275. The summed E-state index contributed by atoms with van der Waals surface area (Å²) in [5.74, 6) is 0. The molecule has 1 rings (SSSR count). The fourth-order valence-corrected chi connectivity index (χ4v) is 0.479. The van der Waals surface area contributed by atoms with Gasteiger partial charge < -0.3 is 4.74 Å². The molecule has 1 heterocycles. The molecular formula is C3H6NOP. The Morgan fingerprint density at radius 3 is 2.83 bits per heavy atom. The number of epoxide rings is 1. The van der Waals surface area contributed by atoms with Gasteiger partial charge in [0.15, 0.2) is 0 Å². The molecule has 0 N–H and O–H groups in total. The Kier molecular flexibility index (Phi) is 1.18. The molecule has 2 nitrogen and oxygen atoms in total. The van der Waals surface area contributed by atoms with E-state index in [1.54, 1.807) is 0 Å². The van der Waals surface area contributed by atoms with Crippen LogP contribution in [-0.2, 0) is 4.74 Å². The SMILES string of the molecule is P=NCC1CO1. The lowest BCUT2D eigenvalue weighted by Crippen LogP contribution is -1.85. The third kappa shape index (κ3) is 1.04. The summed E-state index contributed by atoms with van der Waals surface area (Å²) in [7, 11) is 2.98. The Bertz CT molecular complexity index is 61.8. The van der Waals surface area contributed by atoms with E-state index >= 15 is 0 Å². The summed E-state index contributed by atoms with van der Waals surface area (Å²) in [5.41, 5.74) is 0. The topological polar surface area (TPSA) is 24.9 Å². The number of rotatable bonds is 2. The molecule has 34 valence electrons. The minimum atomic E-state index is 0.433. The van der Waals surface area contributed by atoms with Crippen LogP contribution in [-0.4, -0.2) is 19.3 Å². The summed E-state index contributed by atoms with van der Waals surface area (Å²) in [5, 5.41) is 0. The van der Waals surface area contributed by atoms with Crippen molar-refractivity contribution < 1.29 is 4.74 Å². The van der Waals surface area contributed by atoms with Crippen LogP contribution in [0.1, 0.15) is 0 Å². The van der Waals surface area contributed by atoms with Crippen LogP contribution in [0.4, 0.5) is 0 Å². The maximum atomic E-state index is 4.82. The first-order valence-electron chi connectivity index (χ1n) is 1.88. The van der Waals surface area contributed by atoms with Gasteiger partial charge in [0.1, 0.15) is 6.10 Å². The van der Waals surface area contributed by atoms with Crippen LogP contribution in [0.25, 0.3) is 0 Å². The molecule has 0 aromatic heterocycles. The van der Waals surface area contributed by atoms with Crippen LogP contribution in [0, 0.1) is 0 Å². The van der Waals surface area contributed by atoms with E-state index < -0.39 is 0 Å². The minimum absolute atomic E-state index is 0.433. The first kappa shape index (κ1) is 4.23. The highest BCUT2D eigenvalue weighted by Crippen LogP contribution is 2.08. The van der Waals surface area contributed by atoms with Crippen molar-refractivity contribution in [1.82, 2.24) is 0 Å². The van der Waals surface area contributed by atoms with Crippen molar-refractivity contribution in [3.63, 3.8) is 0 Å². The van der Waals surface area contributed by atoms with Gasteiger partial charge in [-0.25, -0.2) is 0 Å². The van der Waals surface area contributed by atoms with Gasteiger partial charge >= 0.3 is 0 Å². The second-order valence-corrected chi connectivity index (χ2v) is 1.61. The molecule has 0 radical (unpaired) electrons. The maximum absolute atomic E-state index is 4.82. The summed E-state index contributed by atoms with van der Waals surface area (Å²) in [6, 6.07) is 0.